The number of carbonyl (C=O) groups is 2. The molecule has 2 heterocycles. The zero-order valence-corrected chi connectivity index (χ0v) is 21.0. The summed E-state index contributed by atoms with van der Waals surface area (Å²) >= 11 is 0. The first-order valence-electron chi connectivity index (χ1n) is 11.9. The lowest BCUT2D eigenvalue weighted by atomic mass is 10.0. The van der Waals surface area contributed by atoms with E-state index in [2.05, 4.69) is 9.55 Å². The highest BCUT2D eigenvalue weighted by atomic mass is 16.5. The molecule has 0 saturated carbocycles. The van der Waals surface area contributed by atoms with E-state index in [1.54, 1.807) is 6.20 Å². The molecular formula is C30H30N2O4. The fourth-order valence-electron chi connectivity index (χ4n) is 4.00. The lowest BCUT2D eigenvalue weighted by Crippen LogP contribution is -2.34. The fraction of sp³-hybridized carbons (Fsp3) is 0.233. The van der Waals surface area contributed by atoms with Crippen molar-refractivity contribution >= 4 is 28.9 Å². The average molecular weight is 483 g/mol. The molecule has 6 heteroatoms. The third kappa shape index (κ3) is 5.29. The molecule has 0 atom stereocenters. The van der Waals surface area contributed by atoms with E-state index in [1.165, 1.54) is 13.8 Å². The molecule has 0 radical (unpaired) electrons. The van der Waals surface area contributed by atoms with Crippen LogP contribution >= 0.6 is 0 Å². The first-order valence-corrected chi connectivity index (χ1v) is 11.9. The zero-order chi connectivity index (χ0) is 25.9. The molecule has 0 fully saturated rings. The van der Waals surface area contributed by atoms with Crippen LogP contribution in [0.25, 0.3) is 17.1 Å². The summed E-state index contributed by atoms with van der Waals surface area (Å²) in [4.78, 5) is 29.1. The van der Waals surface area contributed by atoms with Crippen LogP contribution in [0.15, 0.2) is 72.9 Å². The van der Waals surface area contributed by atoms with Gasteiger partial charge in [-0.05, 0) is 51.0 Å². The fourth-order valence-corrected chi connectivity index (χ4v) is 4.00. The minimum Gasteiger partial charge on any atom is -0.479 e. The van der Waals surface area contributed by atoms with E-state index in [0.29, 0.717) is 17.7 Å². The number of benzene rings is 2. The Morgan fingerprint density at radius 2 is 1.72 bits per heavy atom. The van der Waals surface area contributed by atoms with Gasteiger partial charge in [0.05, 0.1) is 12.2 Å². The van der Waals surface area contributed by atoms with E-state index in [4.69, 9.17) is 4.74 Å². The van der Waals surface area contributed by atoms with Crippen molar-refractivity contribution in [2.24, 2.45) is 0 Å². The molecule has 0 aliphatic carbocycles. The quantitative estimate of drug-likeness (QED) is 0.297. The van der Waals surface area contributed by atoms with Crippen LogP contribution in [0.1, 0.15) is 52.2 Å². The number of carboxylic acid groups (broad SMARTS) is 1. The summed E-state index contributed by atoms with van der Waals surface area (Å²) in [6, 6.07) is 19.2. The Balaban J connectivity index is 1.52. The maximum Gasteiger partial charge on any atom is 0.335 e. The highest BCUT2D eigenvalue weighted by Crippen LogP contribution is 2.27. The number of fused-ring (bicyclic) bond motifs is 1. The molecule has 0 saturated heterocycles. The Kier molecular flexibility index (Phi) is 7.17. The number of aryl methyl sites for hydroxylation is 1. The number of carbonyl (C=O) groups excluding carboxylic acids is 1. The van der Waals surface area contributed by atoms with Crippen LogP contribution in [0.4, 0.5) is 0 Å². The van der Waals surface area contributed by atoms with E-state index < -0.39 is 11.6 Å². The van der Waals surface area contributed by atoms with E-state index in [-0.39, 0.29) is 12.4 Å². The van der Waals surface area contributed by atoms with E-state index in [9.17, 15) is 14.7 Å². The van der Waals surface area contributed by atoms with Gasteiger partial charge in [-0.1, -0.05) is 66.2 Å². The molecule has 1 N–H and O–H groups in total. The normalized spacial score (nSPS) is 11.9. The van der Waals surface area contributed by atoms with Crippen molar-refractivity contribution < 1.29 is 19.4 Å². The van der Waals surface area contributed by atoms with Crippen LogP contribution in [-0.4, -0.2) is 32.0 Å². The highest BCUT2D eigenvalue weighted by Gasteiger charge is 2.27. The van der Waals surface area contributed by atoms with Gasteiger partial charge in [-0.3, -0.25) is 4.79 Å². The Bertz CT molecular complexity index is 1430. The highest BCUT2D eigenvalue weighted by molar-refractivity contribution is 6.17. The predicted molar refractivity (Wildman–Crippen MR) is 141 cm³/mol. The van der Waals surface area contributed by atoms with Crippen LogP contribution in [0.2, 0.25) is 0 Å². The number of pyridine rings is 1. The van der Waals surface area contributed by atoms with Crippen molar-refractivity contribution in [2.45, 2.75) is 46.4 Å². The number of carboxylic acids is 1. The van der Waals surface area contributed by atoms with Gasteiger partial charge < -0.3 is 14.4 Å². The van der Waals surface area contributed by atoms with Gasteiger partial charge >= 0.3 is 5.97 Å². The second kappa shape index (κ2) is 10.3. The number of nitrogens with zero attached hydrogens (tertiary/aromatic N) is 2. The number of allylic oxidation sites excluding steroid dienone is 1. The summed E-state index contributed by atoms with van der Waals surface area (Å²) in [7, 11) is 0. The molecule has 0 aliphatic rings. The standard InChI is InChI=1S/C30H30N2O4/c1-20-9-15-24(16-10-20)27(33)26-21(2)32(28-25(26)8-5-17-31-28)18-6-7-22-11-13-23(14-12-22)19-36-30(3,4)29(34)35/h5-17H,18-19H2,1-4H3,(H,34,35)/b7-6+. The molecule has 4 aromatic rings. The number of hydrogen-bond acceptors (Lipinski definition) is 4. The molecule has 0 amide bonds. The van der Waals surface area contributed by atoms with Crippen LogP contribution in [0.5, 0.6) is 0 Å². The molecule has 0 aliphatic heterocycles. The van der Waals surface area contributed by atoms with E-state index >= 15 is 0 Å². The van der Waals surface area contributed by atoms with Crippen LogP contribution < -0.4 is 0 Å². The smallest absolute Gasteiger partial charge is 0.335 e. The minimum absolute atomic E-state index is 0.00267. The summed E-state index contributed by atoms with van der Waals surface area (Å²) < 4.78 is 7.57. The lowest BCUT2D eigenvalue weighted by Gasteiger charge is -2.20. The van der Waals surface area contributed by atoms with Gasteiger partial charge in [-0.25, -0.2) is 9.78 Å². The topological polar surface area (TPSA) is 81.4 Å². The van der Waals surface area contributed by atoms with Crippen LogP contribution in [0.3, 0.4) is 0 Å². The molecule has 0 bridgehead atoms. The summed E-state index contributed by atoms with van der Waals surface area (Å²) in [5, 5.41) is 10.0. The third-order valence-electron chi connectivity index (χ3n) is 6.31. The van der Waals surface area contributed by atoms with Crippen molar-refractivity contribution in [3.63, 3.8) is 0 Å². The Morgan fingerprint density at radius 1 is 1.03 bits per heavy atom. The number of ether oxygens (including phenoxy) is 1. The first-order chi connectivity index (χ1) is 17.2. The van der Waals surface area contributed by atoms with E-state index in [0.717, 1.165) is 33.4 Å². The van der Waals surface area contributed by atoms with Crippen LogP contribution in [-0.2, 0) is 22.7 Å². The summed E-state index contributed by atoms with van der Waals surface area (Å²) in [6.45, 7) is 7.83. The largest absolute Gasteiger partial charge is 0.479 e. The zero-order valence-electron chi connectivity index (χ0n) is 21.0. The van der Waals surface area contributed by atoms with Gasteiger partial charge in [0, 0.05) is 29.4 Å². The van der Waals surface area contributed by atoms with Gasteiger partial charge in [0.2, 0.25) is 0 Å². The van der Waals surface area contributed by atoms with Crippen molar-refractivity contribution in [1.82, 2.24) is 9.55 Å². The second-order valence-electron chi connectivity index (χ2n) is 9.39. The number of hydrogen-bond donors (Lipinski definition) is 1. The summed E-state index contributed by atoms with van der Waals surface area (Å²) in [5.74, 6) is -0.995. The molecule has 2 aromatic heterocycles. The van der Waals surface area contributed by atoms with Gasteiger partial charge in [0.15, 0.2) is 11.4 Å². The number of rotatable bonds is 9. The molecule has 2 aromatic carbocycles. The monoisotopic (exact) mass is 482 g/mol. The van der Waals surface area contributed by atoms with Crippen molar-refractivity contribution in [3.8, 4) is 0 Å². The van der Waals surface area contributed by atoms with Crippen LogP contribution in [0, 0.1) is 13.8 Å². The first kappa shape index (κ1) is 25.1. The van der Waals surface area contributed by atoms with Gasteiger partial charge in [0.25, 0.3) is 0 Å². The molecular weight excluding hydrogens is 452 g/mol. The van der Waals surface area contributed by atoms with Gasteiger partial charge in [-0.15, -0.1) is 0 Å². The SMILES string of the molecule is Cc1ccc(C(=O)c2c(C)n(C/C=C/c3ccc(COC(C)(C)C(=O)O)cc3)c3ncccc23)cc1. The van der Waals surface area contributed by atoms with Gasteiger partial charge in [-0.2, -0.15) is 0 Å². The predicted octanol–water partition coefficient (Wildman–Crippen LogP) is 5.98. The molecule has 184 valence electrons. The molecule has 6 nitrogen and oxygen atoms in total. The number of aromatic nitrogens is 2. The van der Waals surface area contributed by atoms with Crippen molar-refractivity contribution in [2.75, 3.05) is 0 Å². The minimum atomic E-state index is -1.23. The lowest BCUT2D eigenvalue weighted by molar-refractivity contribution is -0.162. The molecule has 0 unspecified atom stereocenters. The Labute approximate surface area is 210 Å². The number of ketones is 1. The Hall–Kier alpha value is -4.03. The molecule has 36 heavy (non-hydrogen) atoms. The maximum atomic E-state index is 13.4. The second-order valence-corrected chi connectivity index (χ2v) is 9.39. The molecule has 4 rings (SSSR count). The molecule has 0 spiro atoms. The number of aliphatic carboxylic acids is 1. The van der Waals surface area contributed by atoms with Crippen molar-refractivity contribution in [1.29, 1.82) is 0 Å². The average Bonchev–Trinajstić information content (AvgIpc) is 3.14. The Morgan fingerprint density at radius 3 is 2.39 bits per heavy atom. The van der Waals surface area contributed by atoms with E-state index in [1.807, 2.05) is 86.7 Å². The third-order valence-corrected chi connectivity index (χ3v) is 6.31. The summed E-state index contributed by atoms with van der Waals surface area (Å²) in [6.07, 6.45) is 5.80. The van der Waals surface area contributed by atoms with Gasteiger partial charge in [0.1, 0.15) is 5.65 Å². The summed E-state index contributed by atoms with van der Waals surface area (Å²) in [5.41, 5.74) is 4.80. The maximum absolute atomic E-state index is 13.4. The van der Waals surface area contributed by atoms with Crippen molar-refractivity contribution in [3.05, 3.63) is 106 Å².